The van der Waals surface area contributed by atoms with Crippen molar-refractivity contribution in [1.82, 2.24) is 4.68 Å². The molecule has 1 unspecified atom stereocenters. The fourth-order valence-electron chi connectivity index (χ4n) is 4.18. The number of rotatable bonds is 10. The van der Waals surface area contributed by atoms with Crippen molar-refractivity contribution in [1.29, 1.82) is 5.26 Å². The van der Waals surface area contributed by atoms with E-state index in [9.17, 15) is 4.79 Å². The zero-order chi connectivity index (χ0) is 31.5. The second kappa shape index (κ2) is 19.6. The number of hydrogen-bond acceptors (Lipinski definition) is 9. The van der Waals surface area contributed by atoms with Crippen molar-refractivity contribution >= 4 is 23.5 Å². The van der Waals surface area contributed by atoms with E-state index in [2.05, 4.69) is 65.3 Å². The van der Waals surface area contributed by atoms with Crippen LogP contribution in [0, 0.1) is 18.8 Å². The molecular weight excluding hydrogens is 534 g/mol. The number of nitriles is 1. The monoisotopic (exact) mass is 579 g/mol. The number of nitrogens with zero attached hydrogens (tertiary/aromatic N) is 3. The molecule has 42 heavy (non-hydrogen) atoms. The van der Waals surface area contributed by atoms with Crippen LogP contribution in [0.3, 0.4) is 0 Å². The minimum atomic E-state index is -0.0600. The molecule has 2 aliphatic rings. The molecule has 228 valence electrons. The third kappa shape index (κ3) is 10.2. The predicted molar refractivity (Wildman–Crippen MR) is 170 cm³/mol. The van der Waals surface area contributed by atoms with E-state index in [0.29, 0.717) is 26.5 Å². The summed E-state index contributed by atoms with van der Waals surface area (Å²) in [5.41, 5.74) is 7.02. The Kier molecular flexibility index (Phi) is 16.6. The number of aromatic nitrogens is 1. The largest absolute Gasteiger partial charge is 0.465 e. The minimum absolute atomic E-state index is 0.0600. The van der Waals surface area contributed by atoms with E-state index >= 15 is 0 Å². The Morgan fingerprint density at radius 3 is 2.48 bits per heavy atom. The number of likely N-dealkylation sites (N-methyl/N-ethyl adjacent to an activating group) is 1. The second-order valence-electron chi connectivity index (χ2n) is 8.85. The van der Waals surface area contributed by atoms with Gasteiger partial charge in [0.05, 0.1) is 36.4 Å². The van der Waals surface area contributed by atoms with E-state index in [1.54, 1.807) is 6.08 Å². The molecule has 0 radical (unpaired) electrons. The molecule has 2 aromatic rings. The third-order valence-electron chi connectivity index (χ3n) is 6.02. The van der Waals surface area contributed by atoms with E-state index in [1.165, 1.54) is 16.8 Å². The van der Waals surface area contributed by atoms with Gasteiger partial charge in [0.25, 0.3) is 6.47 Å². The summed E-state index contributed by atoms with van der Waals surface area (Å²) in [6.45, 7) is 19.9. The van der Waals surface area contributed by atoms with Gasteiger partial charge in [-0.2, -0.15) is 0 Å². The first-order chi connectivity index (χ1) is 20.4. The molecular formula is C32H45N5O5. The molecule has 1 atom stereocenters. The number of hydrogen-bond donors (Lipinski definition) is 2. The van der Waals surface area contributed by atoms with E-state index in [4.69, 9.17) is 19.5 Å². The molecule has 1 fully saturated rings. The van der Waals surface area contributed by atoms with Gasteiger partial charge in [0.1, 0.15) is 31.0 Å². The maximum Gasteiger partial charge on any atom is 0.293 e. The Bertz CT molecular complexity index is 1220. The maximum absolute atomic E-state index is 9.64. The highest BCUT2D eigenvalue weighted by Gasteiger charge is 2.24. The number of benzene rings is 1. The molecule has 0 spiro atoms. The van der Waals surface area contributed by atoms with Gasteiger partial charge >= 0.3 is 0 Å². The Labute approximate surface area is 250 Å². The van der Waals surface area contributed by atoms with Crippen LogP contribution in [0.4, 0.5) is 11.4 Å². The van der Waals surface area contributed by atoms with E-state index in [1.807, 2.05) is 70.3 Å². The summed E-state index contributed by atoms with van der Waals surface area (Å²) in [4.78, 5) is 9.64. The van der Waals surface area contributed by atoms with Crippen LogP contribution in [0.2, 0.25) is 0 Å². The van der Waals surface area contributed by atoms with Crippen molar-refractivity contribution in [3.05, 3.63) is 83.9 Å². The number of fused-ring (bicyclic) bond motifs is 1. The van der Waals surface area contributed by atoms with Gasteiger partial charge in [-0.25, -0.2) is 5.26 Å². The molecule has 2 N–H and O–H groups in total. The van der Waals surface area contributed by atoms with E-state index in [-0.39, 0.29) is 6.10 Å². The molecule has 0 saturated carbocycles. The van der Waals surface area contributed by atoms with Crippen LogP contribution < -0.4 is 20.4 Å². The van der Waals surface area contributed by atoms with Crippen LogP contribution in [-0.2, 0) is 19.0 Å². The molecule has 0 amide bonds. The molecule has 0 aliphatic carbocycles. The normalized spacial score (nSPS) is 15.6. The van der Waals surface area contributed by atoms with E-state index < -0.39 is 0 Å². The van der Waals surface area contributed by atoms with Crippen LogP contribution >= 0.6 is 0 Å². The molecule has 1 aromatic heterocycles. The molecule has 3 heterocycles. The smallest absolute Gasteiger partial charge is 0.293 e. The summed E-state index contributed by atoms with van der Waals surface area (Å²) in [6.07, 6.45) is 9.50. The van der Waals surface area contributed by atoms with Crippen LogP contribution in [0.15, 0.2) is 72.7 Å². The van der Waals surface area contributed by atoms with Gasteiger partial charge in [0, 0.05) is 31.9 Å². The van der Waals surface area contributed by atoms with Gasteiger partial charge in [-0.1, -0.05) is 32.6 Å². The molecule has 10 heteroatoms. The third-order valence-corrected chi connectivity index (χ3v) is 6.02. The topological polar surface area (TPSA) is 110 Å². The molecule has 0 bridgehead atoms. The molecule has 1 saturated heterocycles. The van der Waals surface area contributed by atoms with Crippen LogP contribution in [0.5, 0.6) is 5.75 Å². The summed E-state index contributed by atoms with van der Waals surface area (Å²) in [5, 5.41) is 15.6. The zero-order valence-corrected chi connectivity index (χ0v) is 25.8. The Morgan fingerprint density at radius 2 is 1.93 bits per heavy atom. The van der Waals surface area contributed by atoms with Crippen LogP contribution in [0.1, 0.15) is 39.0 Å². The Balaban J connectivity index is 0.000000569. The average molecular weight is 580 g/mol. The molecule has 1 aromatic carbocycles. The van der Waals surface area contributed by atoms with Gasteiger partial charge < -0.3 is 34.6 Å². The number of anilines is 2. The summed E-state index contributed by atoms with van der Waals surface area (Å²) in [5.74, 6) is 1.54. The van der Waals surface area contributed by atoms with Crippen molar-refractivity contribution in [2.45, 2.75) is 40.7 Å². The zero-order valence-electron chi connectivity index (χ0n) is 25.8. The molecule has 2 aliphatic heterocycles. The van der Waals surface area contributed by atoms with Gasteiger partial charge in [-0.15, -0.1) is 0 Å². The Hall–Kier alpha value is -4.46. The lowest BCUT2D eigenvalue weighted by Crippen LogP contribution is -2.37. The summed E-state index contributed by atoms with van der Waals surface area (Å²) in [7, 11) is 4.06. The number of ether oxygens (including phenoxy) is 4. The van der Waals surface area contributed by atoms with Crippen molar-refractivity contribution < 1.29 is 23.7 Å². The Morgan fingerprint density at radius 1 is 1.24 bits per heavy atom. The SMILES string of the molecule is C#N.C=C/C=C(\C=C/C)Oc1ccc(NC2=C(C)CN(C)n3cc(NC)c(C)c32)cc1.CC.O=COCC1COCO1. The fourth-order valence-corrected chi connectivity index (χ4v) is 4.18. The summed E-state index contributed by atoms with van der Waals surface area (Å²) >= 11 is 0. The van der Waals surface area contributed by atoms with Gasteiger partial charge in [0.2, 0.25) is 0 Å². The fraction of sp³-hybridized carbons (Fsp3) is 0.375. The van der Waals surface area contributed by atoms with E-state index in [0.717, 1.165) is 35.1 Å². The predicted octanol–water partition coefficient (Wildman–Crippen LogP) is 5.99. The van der Waals surface area contributed by atoms with Crippen LogP contribution in [0.25, 0.3) is 5.70 Å². The molecule has 10 nitrogen and oxygen atoms in total. The quantitative estimate of drug-likeness (QED) is 0.199. The highest BCUT2D eigenvalue weighted by Crippen LogP contribution is 2.33. The lowest BCUT2D eigenvalue weighted by molar-refractivity contribution is -0.131. The lowest BCUT2D eigenvalue weighted by Gasteiger charge is -2.31. The van der Waals surface area contributed by atoms with Gasteiger partial charge in [-0.3, -0.25) is 9.47 Å². The highest BCUT2D eigenvalue weighted by atomic mass is 16.7. The second-order valence-corrected chi connectivity index (χ2v) is 8.85. The number of allylic oxidation sites excluding steroid dienone is 4. The van der Waals surface area contributed by atoms with Crippen LogP contribution in [-0.4, -0.2) is 57.9 Å². The first kappa shape index (κ1) is 35.6. The minimum Gasteiger partial charge on any atom is -0.465 e. The van der Waals surface area contributed by atoms with Gasteiger partial charge in [-0.05, 0) is 62.8 Å². The lowest BCUT2D eigenvalue weighted by atomic mass is 10.1. The van der Waals surface area contributed by atoms with Crippen molar-refractivity contribution in [2.24, 2.45) is 0 Å². The highest BCUT2D eigenvalue weighted by molar-refractivity contribution is 5.83. The average Bonchev–Trinajstić information content (AvgIpc) is 3.66. The molecule has 4 rings (SSSR count). The first-order valence-corrected chi connectivity index (χ1v) is 13.7. The summed E-state index contributed by atoms with van der Waals surface area (Å²) in [6, 6.07) is 8.02. The van der Waals surface area contributed by atoms with Crippen molar-refractivity contribution in [3.8, 4) is 12.3 Å². The van der Waals surface area contributed by atoms with Gasteiger partial charge in [0.15, 0.2) is 0 Å². The number of nitrogens with one attached hydrogen (secondary N) is 2. The van der Waals surface area contributed by atoms with Crippen molar-refractivity contribution in [3.63, 3.8) is 0 Å². The maximum atomic E-state index is 9.64. The number of carbonyl (C=O) groups excluding carboxylic acids is 1. The standard InChI is InChI=1S/C24H30N4O.C5H8O4.C2H6.CHN/c1-7-9-20(10-8-2)29-21-13-11-19(12-14-21)26-23-17(3)15-27(6)28-16-22(25-5)18(4)24(23)28;6-3-7-1-5-2-8-4-9-5;2*1-2/h7-14,16,25-26H,1,15H2,2-6H3;3,5H,1-2,4H2;1-2H3;1H/b10-8-,20-9+;;;. The summed E-state index contributed by atoms with van der Waals surface area (Å²) < 4.78 is 22.3. The van der Waals surface area contributed by atoms with Crippen molar-refractivity contribution in [2.75, 3.05) is 56.3 Å². The number of carbonyl (C=O) groups is 1. The first-order valence-electron chi connectivity index (χ1n) is 13.7.